The second-order valence-corrected chi connectivity index (χ2v) is 10.6. The Balaban J connectivity index is 1.43. The molecule has 0 fully saturated rings. The number of anilines is 1. The first kappa shape index (κ1) is 28.6. The minimum absolute atomic E-state index is 0.0119. The van der Waals surface area contributed by atoms with Crippen LogP contribution in [0.5, 0.6) is 0 Å². The molecule has 5 aromatic rings. The Morgan fingerprint density at radius 3 is 2.43 bits per heavy atom. The summed E-state index contributed by atoms with van der Waals surface area (Å²) < 4.78 is 6.57. The summed E-state index contributed by atoms with van der Waals surface area (Å²) in [6, 6.07) is 15.0. The van der Waals surface area contributed by atoms with Gasteiger partial charge in [0.25, 0.3) is 11.5 Å². The van der Waals surface area contributed by atoms with Crippen molar-refractivity contribution in [2.45, 2.75) is 39.3 Å². The lowest BCUT2D eigenvalue weighted by Crippen LogP contribution is -2.45. The minimum atomic E-state index is -0.988. The van der Waals surface area contributed by atoms with E-state index in [9.17, 15) is 14.4 Å². The molecular weight excluding hydrogens is 556 g/mol. The van der Waals surface area contributed by atoms with Crippen molar-refractivity contribution in [2.75, 3.05) is 5.32 Å². The second kappa shape index (κ2) is 12.3. The Kier molecular flexibility index (Phi) is 8.35. The van der Waals surface area contributed by atoms with Crippen molar-refractivity contribution in [1.29, 1.82) is 0 Å². The van der Waals surface area contributed by atoms with E-state index in [2.05, 4.69) is 26.0 Å². The fourth-order valence-corrected chi connectivity index (χ4v) is 4.74. The number of aromatic nitrogens is 4. The fraction of sp³-hybridized carbons (Fsp3) is 0.194. The number of rotatable bonds is 9. The summed E-state index contributed by atoms with van der Waals surface area (Å²) in [6.45, 7) is 5.52. The van der Waals surface area contributed by atoms with Crippen molar-refractivity contribution >= 4 is 29.1 Å². The molecule has 0 spiro atoms. The number of hydrogen-bond acceptors (Lipinski definition) is 6. The molecular formula is C31H29ClN6O4. The van der Waals surface area contributed by atoms with Crippen LogP contribution in [-0.4, -0.2) is 37.8 Å². The number of carbonyl (C=O) groups is 2. The maximum Gasteiger partial charge on any atom is 0.257 e. The molecule has 1 atom stereocenters. The fourth-order valence-electron chi connectivity index (χ4n) is 4.55. The molecule has 0 bridgehead atoms. The van der Waals surface area contributed by atoms with Gasteiger partial charge in [0, 0.05) is 47.2 Å². The van der Waals surface area contributed by atoms with E-state index in [0.29, 0.717) is 22.0 Å². The van der Waals surface area contributed by atoms with Gasteiger partial charge in [-0.1, -0.05) is 35.0 Å². The van der Waals surface area contributed by atoms with E-state index in [4.69, 9.17) is 16.1 Å². The molecule has 0 aliphatic rings. The topological polar surface area (TPSA) is 135 Å². The second-order valence-electron chi connectivity index (χ2n) is 10.2. The quantitative estimate of drug-likeness (QED) is 0.212. The molecule has 0 radical (unpaired) electrons. The molecule has 42 heavy (non-hydrogen) atoms. The van der Waals surface area contributed by atoms with Gasteiger partial charge in [0.2, 0.25) is 5.91 Å². The molecule has 5 rings (SSSR count). The first-order valence-electron chi connectivity index (χ1n) is 13.3. The number of H-pyrrole nitrogens is 1. The van der Waals surface area contributed by atoms with E-state index < -0.39 is 17.9 Å². The van der Waals surface area contributed by atoms with Gasteiger partial charge in [-0.25, -0.2) is 0 Å². The van der Waals surface area contributed by atoms with E-state index in [1.807, 2.05) is 38.1 Å². The molecule has 3 N–H and O–H groups in total. The number of aromatic amines is 1. The van der Waals surface area contributed by atoms with E-state index in [-0.39, 0.29) is 23.6 Å². The summed E-state index contributed by atoms with van der Waals surface area (Å²) in [4.78, 5) is 39.0. The van der Waals surface area contributed by atoms with Gasteiger partial charge < -0.3 is 19.7 Å². The van der Waals surface area contributed by atoms with Crippen LogP contribution in [0, 0.1) is 6.92 Å². The van der Waals surface area contributed by atoms with Crippen molar-refractivity contribution in [2.24, 2.45) is 0 Å². The van der Waals surface area contributed by atoms with Crippen LogP contribution in [0.2, 0.25) is 5.02 Å². The lowest BCUT2D eigenvalue weighted by molar-refractivity contribution is -0.118. The SMILES string of the molecule is Cc1nocc1C(=O)NC(Cc1cc(-c2ccc(=O)n(C(C)C)c2)ccc1Cl)C(=O)Nc1ccc(-c2cn[nH]c2)cc1. The van der Waals surface area contributed by atoms with Crippen LogP contribution in [0.4, 0.5) is 5.69 Å². The molecule has 214 valence electrons. The highest BCUT2D eigenvalue weighted by molar-refractivity contribution is 6.31. The summed E-state index contributed by atoms with van der Waals surface area (Å²) in [5.41, 5.74) is 5.24. The highest BCUT2D eigenvalue weighted by atomic mass is 35.5. The number of carbonyl (C=O) groups excluding carboxylic acids is 2. The third-order valence-electron chi connectivity index (χ3n) is 6.90. The molecule has 3 heterocycles. The van der Waals surface area contributed by atoms with E-state index in [1.165, 1.54) is 12.3 Å². The smallest absolute Gasteiger partial charge is 0.257 e. The number of hydrogen-bond donors (Lipinski definition) is 3. The number of aryl methyl sites for hydroxylation is 1. The summed E-state index contributed by atoms with van der Waals surface area (Å²) in [5.74, 6) is -0.927. The maximum absolute atomic E-state index is 13.6. The summed E-state index contributed by atoms with van der Waals surface area (Å²) >= 11 is 6.59. The number of nitrogens with zero attached hydrogens (tertiary/aromatic N) is 3. The number of nitrogens with one attached hydrogen (secondary N) is 3. The summed E-state index contributed by atoms with van der Waals surface area (Å²) in [5, 5.41) is 16.7. The van der Waals surface area contributed by atoms with Gasteiger partial charge in [-0.2, -0.15) is 5.10 Å². The lowest BCUT2D eigenvalue weighted by Gasteiger charge is -2.20. The van der Waals surface area contributed by atoms with Crippen LogP contribution in [0.25, 0.3) is 22.3 Å². The third kappa shape index (κ3) is 6.34. The average Bonchev–Trinajstić information content (AvgIpc) is 3.66. The Hall–Kier alpha value is -4.96. The molecule has 11 heteroatoms. The van der Waals surface area contributed by atoms with Crippen molar-refractivity contribution in [3.63, 3.8) is 0 Å². The zero-order valence-electron chi connectivity index (χ0n) is 23.2. The zero-order valence-corrected chi connectivity index (χ0v) is 24.0. The van der Waals surface area contributed by atoms with Crippen LogP contribution in [0.15, 0.2) is 88.8 Å². The molecule has 2 amide bonds. The molecule has 0 aliphatic carbocycles. The Morgan fingerprint density at radius 2 is 1.76 bits per heavy atom. The average molecular weight is 585 g/mol. The van der Waals surface area contributed by atoms with Gasteiger partial charge in [-0.3, -0.25) is 19.5 Å². The van der Waals surface area contributed by atoms with Crippen molar-refractivity contribution in [3.8, 4) is 22.3 Å². The molecule has 1 unspecified atom stereocenters. The van der Waals surface area contributed by atoms with Gasteiger partial charge in [0.1, 0.15) is 17.9 Å². The van der Waals surface area contributed by atoms with E-state index >= 15 is 0 Å². The van der Waals surface area contributed by atoms with E-state index in [1.54, 1.807) is 54.3 Å². The standard InChI is InChI=1S/C31H29ClN6O4/c1-18(2)38-16-22(7-11-29(38)39)21-6-10-27(32)23(12-21)13-28(36-30(40)26-17-42-37-19(26)3)31(41)35-25-8-4-20(5-9-25)24-14-33-34-15-24/h4-12,14-18,28H,13H2,1-3H3,(H,33,34)(H,35,41)(H,36,40). The normalized spacial score (nSPS) is 11.8. The molecule has 0 saturated heterocycles. The molecule has 0 saturated carbocycles. The van der Waals surface area contributed by atoms with Gasteiger partial charge in [-0.05, 0) is 73.4 Å². The van der Waals surface area contributed by atoms with Crippen molar-refractivity contribution in [1.82, 2.24) is 25.2 Å². The number of benzene rings is 2. The Morgan fingerprint density at radius 1 is 1.02 bits per heavy atom. The Labute approximate surface area is 246 Å². The van der Waals surface area contributed by atoms with Gasteiger partial charge in [0.15, 0.2) is 0 Å². The molecule has 3 aromatic heterocycles. The first-order chi connectivity index (χ1) is 20.2. The molecule has 0 aliphatic heterocycles. The van der Waals surface area contributed by atoms with Crippen LogP contribution in [-0.2, 0) is 11.2 Å². The number of halogens is 1. The highest BCUT2D eigenvalue weighted by Crippen LogP contribution is 2.27. The zero-order chi connectivity index (χ0) is 29.8. The largest absolute Gasteiger partial charge is 0.364 e. The van der Waals surface area contributed by atoms with E-state index in [0.717, 1.165) is 22.3 Å². The molecule has 10 nitrogen and oxygen atoms in total. The van der Waals surface area contributed by atoms with Crippen LogP contribution < -0.4 is 16.2 Å². The van der Waals surface area contributed by atoms with Gasteiger partial charge in [-0.15, -0.1) is 0 Å². The predicted octanol–water partition coefficient (Wildman–Crippen LogP) is 5.42. The highest BCUT2D eigenvalue weighted by Gasteiger charge is 2.25. The van der Waals surface area contributed by atoms with Crippen LogP contribution in [0.1, 0.15) is 41.5 Å². The lowest BCUT2D eigenvalue weighted by atomic mass is 9.99. The van der Waals surface area contributed by atoms with Crippen LogP contribution >= 0.6 is 11.6 Å². The predicted molar refractivity (Wildman–Crippen MR) is 160 cm³/mol. The number of amides is 2. The Bertz CT molecular complexity index is 1770. The first-order valence-corrected chi connectivity index (χ1v) is 13.7. The summed E-state index contributed by atoms with van der Waals surface area (Å²) in [6.07, 6.45) is 6.63. The third-order valence-corrected chi connectivity index (χ3v) is 7.27. The van der Waals surface area contributed by atoms with Crippen molar-refractivity contribution in [3.05, 3.63) is 112 Å². The minimum Gasteiger partial charge on any atom is -0.364 e. The van der Waals surface area contributed by atoms with Gasteiger partial charge >= 0.3 is 0 Å². The van der Waals surface area contributed by atoms with Crippen LogP contribution in [0.3, 0.4) is 0 Å². The number of pyridine rings is 1. The summed E-state index contributed by atoms with van der Waals surface area (Å²) in [7, 11) is 0. The maximum atomic E-state index is 13.6. The monoisotopic (exact) mass is 584 g/mol. The molecule has 2 aromatic carbocycles. The van der Waals surface area contributed by atoms with Crippen molar-refractivity contribution < 1.29 is 14.1 Å². The van der Waals surface area contributed by atoms with Gasteiger partial charge in [0.05, 0.1) is 11.9 Å².